The molecule has 0 saturated carbocycles. The second-order valence-electron chi connectivity index (χ2n) is 4.34. The summed E-state index contributed by atoms with van der Waals surface area (Å²) in [5.41, 5.74) is 1.02. The molecule has 0 bridgehead atoms. The van der Waals surface area contributed by atoms with E-state index in [1.807, 2.05) is 18.3 Å². The zero-order valence-electron chi connectivity index (χ0n) is 10.9. The van der Waals surface area contributed by atoms with Gasteiger partial charge in [-0.15, -0.1) is 11.3 Å². The molecule has 2 rings (SSSR count). The van der Waals surface area contributed by atoms with Gasteiger partial charge >= 0.3 is 0 Å². The number of nitrogens with one attached hydrogen (secondary N) is 1. The first-order valence-corrected chi connectivity index (χ1v) is 7.79. The SMILES string of the molecule is CCc1cnc(CNC(C)c2cc(Cl)ccc2Cl)s1. The third-order valence-electron chi connectivity index (χ3n) is 2.93. The largest absolute Gasteiger partial charge is 0.304 e. The average molecular weight is 315 g/mol. The van der Waals surface area contributed by atoms with Gasteiger partial charge in [0.15, 0.2) is 0 Å². The van der Waals surface area contributed by atoms with E-state index in [1.165, 1.54) is 4.88 Å². The molecule has 0 aliphatic carbocycles. The highest BCUT2D eigenvalue weighted by Crippen LogP contribution is 2.26. The van der Waals surface area contributed by atoms with Crippen LogP contribution in [0.1, 0.15) is 35.3 Å². The normalized spacial score (nSPS) is 12.6. The Bertz CT molecular complexity index is 554. The van der Waals surface area contributed by atoms with E-state index in [1.54, 1.807) is 17.4 Å². The van der Waals surface area contributed by atoms with Gasteiger partial charge in [0, 0.05) is 33.7 Å². The zero-order valence-corrected chi connectivity index (χ0v) is 13.2. The Morgan fingerprint density at radius 2 is 2.16 bits per heavy atom. The number of hydrogen-bond acceptors (Lipinski definition) is 3. The van der Waals surface area contributed by atoms with Crippen LogP contribution in [0.4, 0.5) is 0 Å². The first kappa shape index (κ1) is 14.8. The quantitative estimate of drug-likeness (QED) is 0.852. The summed E-state index contributed by atoms with van der Waals surface area (Å²) in [6.07, 6.45) is 2.98. The number of rotatable bonds is 5. The van der Waals surface area contributed by atoms with Crippen LogP contribution in [0.5, 0.6) is 0 Å². The maximum Gasteiger partial charge on any atom is 0.107 e. The highest BCUT2D eigenvalue weighted by Gasteiger charge is 2.10. The fraction of sp³-hybridized carbons (Fsp3) is 0.357. The Hall–Kier alpha value is -0.610. The minimum atomic E-state index is 0.139. The topological polar surface area (TPSA) is 24.9 Å². The van der Waals surface area contributed by atoms with Crippen LogP contribution in [0.3, 0.4) is 0 Å². The van der Waals surface area contributed by atoms with Gasteiger partial charge < -0.3 is 5.32 Å². The molecule has 1 aromatic heterocycles. The van der Waals surface area contributed by atoms with E-state index < -0.39 is 0 Å². The Labute approximate surface area is 127 Å². The number of aryl methyl sites for hydroxylation is 1. The van der Waals surface area contributed by atoms with Gasteiger partial charge in [0.1, 0.15) is 5.01 Å². The number of benzene rings is 1. The molecule has 0 aliphatic heterocycles. The minimum absolute atomic E-state index is 0.139. The molecule has 0 radical (unpaired) electrons. The second kappa shape index (κ2) is 6.71. The van der Waals surface area contributed by atoms with Crippen molar-refractivity contribution in [2.24, 2.45) is 0 Å². The van der Waals surface area contributed by atoms with Gasteiger partial charge in [-0.3, -0.25) is 0 Å². The lowest BCUT2D eigenvalue weighted by molar-refractivity contribution is 0.573. The van der Waals surface area contributed by atoms with E-state index in [9.17, 15) is 0 Å². The smallest absolute Gasteiger partial charge is 0.107 e. The molecule has 102 valence electrons. The summed E-state index contributed by atoms with van der Waals surface area (Å²) in [4.78, 5) is 5.70. The van der Waals surface area contributed by atoms with Crippen LogP contribution in [0, 0.1) is 0 Å². The van der Waals surface area contributed by atoms with Crippen molar-refractivity contribution in [1.82, 2.24) is 10.3 Å². The van der Waals surface area contributed by atoms with Crippen LogP contribution in [0.25, 0.3) is 0 Å². The number of thiazole rings is 1. The van der Waals surface area contributed by atoms with Crippen LogP contribution < -0.4 is 5.32 Å². The lowest BCUT2D eigenvalue weighted by Crippen LogP contribution is -2.18. The summed E-state index contributed by atoms with van der Waals surface area (Å²) < 4.78 is 0. The summed E-state index contributed by atoms with van der Waals surface area (Å²) in [5, 5.41) is 5.96. The second-order valence-corrected chi connectivity index (χ2v) is 6.39. The Morgan fingerprint density at radius 1 is 1.37 bits per heavy atom. The highest BCUT2D eigenvalue weighted by atomic mass is 35.5. The van der Waals surface area contributed by atoms with Gasteiger partial charge in [0.25, 0.3) is 0 Å². The standard InChI is InChI=1S/C14H16Cl2N2S/c1-3-11-7-18-14(19-11)8-17-9(2)12-6-10(15)4-5-13(12)16/h4-7,9,17H,3,8H2,1-2H3. The molecule has 0 spiro atoms. The van der Waals surface area contributed by atoms with Crippen molar-refractivity contribution in [3.8, 4) is 0 Å². The summed E-state index contributed by atoms with van der Waals surface area (Å²) >= 11 is 13.9. The van der Waals surface area contributed by atoms with Crippen LogP contribution in [0.2, 0.25) is 10.0 Å². The predicted molar refractivity (Wildman–Crippen MR) is 83.2 cm³/mol. The van der Waals surface area contributed by atoms with Crippen LogP contribution in [-0.2, 0) is 13.0 Å². The van der Waals surface area contributed by atoms with Crippen molar-refractivity contribution in [1.29, 1.82) is 0 Å². The number of aromatic nitrogens is 1. The van der Waals surface area contributed by atoms with Crippen LogP contribution >= 0.6 is 34.5 Å². The first-order valence-electron chi connectivity index (χ1n) is 6.22. The van der Waals surface area contributed by atoms with Crippen LogP contribution in [-0.4, -0.2) is 4.98 Å². The summed E-state index contributed by atoms with van der Waals surface area (Å²) in [5.74, 6) is 0. The molecule has 19 heavy (non-hydrogen) atoms. The fourth-order valence-corrected chi connectivity index (χ4v) is 3.07. The third kappa shape index (κ3) is 3.93. The number of hydrogen-bond donors (Lipinski definition) is 1. The van der Waals surface area contributed by atoms with Gasteiger partial charge in [0.05, 0.1) is 0 Å². The predicted octanol–water partition coefficient (Wildman–Crippen LogP) is 4.86. The first-order chi connectivity index (χ1) is 9.10. The van der Waals surface area contributed by atoms with Gasteiger partial charge in [0.2, 0.25) is 0 Å². The maximum atomic E-state index is 6.19. The van der Waals surface area contributed by atoms with E-state index in [-0.39, 0.29) is 6.04 Å². The molecular formula is C14H16Cl2N2S. The van der Waals surface area contributed by atoms with Gasteiger partial charge in [-0.05, 0) is 37.1 Å². The van der Waals surface area contributed by atoms with E-state index in [0.29, 0.717) is 5.02 Å². The summed E-state index contributed by atoms with van der Waals surface area (Å²) in [7, 11) is 0. The van der Waals surface area contributed by atoms with Crippen molar-refractivity contribution in [2.75, 3.05) is 0 Å². The molecule has 1 atom stereocenters. The number of nitrogens with zero attached hydrogens (tertiary/aromatic N) is 1. The van der Waals surface area contributed by atoms with E-state index in [2.05, 4.69) is 24.1 Å². The van der Waals surface area contributed by atoms with Crippen LogP contribution in [0.15, 0.2) is 24.4 Å². The lowest BCUT2D eigenvalue weighted by atomic mass is 10.1. The average Bonchev–Trinajstić information content (AvgIpc) is 2.87. The molecular weight excluding hydrogens is 299 g/mol. The molecule has 1 aromatic carbocycles. The molecule has 0 amide bonds. The molecule has 0 aliphatic rings. The Balaban J connectivity index is 2.00. The van der Waals surface area contributed by atoms with Gasteiger partial charge in [-0.1, -0.05) is 30.1 Å². The number of halogens is 2. The molecule has 0 saturated heterocycles. The molecule has 0 fully saturated rings. The molecule has 2 aromatic rings. The van der Waals surface area contributed by atoms with E-state index in [4.69, 9.17) is 23.2 Å². The zero-order chi connectivity index (χ0) is 13.8. The van der Waals surface area contributed by atoms with E-state index in [0.717, 1.165) is 28.6 Å². The van der Waals surface area contributed by atoms with Crippen molar-refractivity contribution >= 4 is 34.5 Å². The van der Waals surface area contributed by atoms with Gasteiger partial charge in [-0.2, -0.15) is 0 Å². The molecule has 2 nitrogen and oxygen atoms in total. The molecule has 5 heteroatoms. The maximum absolute atomic E-state index is 6.19. The molecule has 1 heterocycles. The lowest BCUT2D eigenvalue weighted by Gasteiger charge is -2.15. The minimum Gasteiger partial charge on any atom is -0.304 e. The third-order valence-corrected chi connectivity index (χ3v) is 4.65. The summed E-state index contributed by atoms with van der Waals surface area (Å²) in [6, 6.07) is 5.67. The van der Waals surface area contributed by atoms with Crippen molar-refractivity contribution in [2.45, 2.75) is 32.9 Å². The Kier molecular flexibility index (Phi) is 5.22. The van der Waals surface area contributed by atoms with E-state index >= 15 is 0 Å². The van der Waals surface area contributed by atoms with Crippen molar-refractivity contribution in [3.05, 3.63) is 49.9 Å². The van der Waals surface area contributed by atoms with Crippen molar-refractivity contribution < 1.29 is 0 Å². The Morgan fingerprint density at radius 3 is 2.84 bits per heavy atom. The monoisotopic (exact) mass is 314 g/mol. The summed E-state index contributed by atoms with van der Waals surface area (Å²) in [6.45, 7) is 4.96. The van der Waals surface area contributed by atoms with Crippen molar-refractivity contribution in [3.63, 3.8) is 0 Å². The fourth-order valence-electron chi connectivity index (χ4n) is 1.79. The van der Waals surface area contributed by atoms with Gasteiger partial charge in [-0.25, -0.2) is 4.98 Å². The highest BCUT2D eigenvalue weighted by molar-refractivity contribution is 7.11. The molecule has 1 N–H and O–H groups in total. The molecule has 1 unspecified atom stereocenters.